The van der Waals surface area contributed by atoms with E-state index in [0.717, 1.165) is 6.42 Å². The predicted molar refractivity (Wildman–Crippen MR) is 57.2 cm³/mol. The smallest absolute Gasteiger partial charge is 0.320 e. The fourth-order valence-corrected chi connectivity index (χ4v) is 1.97. The van der Waals surface area contributed by atoms with E-state index in [0.29, 0.717) is 26.1 Å². The van der Waals surface area contributed by atoms with Crippen LogP contribution in [-0.4, -0.2) is 47.4 Å². The molecule has 15 heavy (non-hydrogen) atoms. The maximum Gasteiger partial charge on any atom is 0.320 e. The first-order valence-electron chi connectivity index (χ1n) is 5.46. The van der Waals surface area contributed by atoms with Gasteiger partial charge < -0.3 is 15.5 Å². The lowest BCUT2D eigenvalue weighted by Gasteiger charge is -2.29. The van der Waals surface area contributed by atoms with Crippen LogP contribution in [0.25, 0.3) is 0 Å². The quantitative estimate of drug-likeness (QED) is 0.737. The fraction of sp³-hybridized carbons (Fsp3) is 0.800. The number of nitrogens with zero attached hydrogens (tertiary/aromatic N) is 2. The summed E-state index contributed by atoms with van der Waals surface area (Å²) in [6.45, 7) is 5.82. The molecular weight excluding hydrogens is 194 g/mol. The van der Waals surface area contributed by atoms with Gasteiger partial charge in [-0.05, 0) is 26.7 Å². The summed E-state index contributed by atoms with van der Waals surface area (Å²) >= 11 is 0. The molecular formula is C10H19N3O2. The van der Waals surface area contributed by atoms with Crippen molar-refractivity contribution in [2.24, 2.45) is 5.73 Å². The molecule has 86 valence electrons. The van der Waals surface area contributed by atoms with Crippen molar-refractivity contribution in [3.8, 4) is 0 Å². The Balaban J connectivity index is 2.69. The van der Waals surface area contributed by atoms with Crippen LogP contribution in [0, 0.1) is 0 Å². The maximum absolute atomic E-state index is 12.0. The molecule has 1 fully saturated rings. The van der Waals surface area contributed by atoms with Crippen molar-refractivity contribution in [2.75, 3.05) is 19.6 Å². The highest BCUT2D eigenvalue weighted by Crippen LogP contribution is 2.18. The van der Waals surface area contributed by atoms with Crippen molar-refractivity contribution < 1.29 is 9.59 Å². The lowest BCUT2D eigenvalue weighted by atomic mass is 10.2. The van der Waals surface area contributed by atoms with Crippen LogP contribution >= 0.6 is 0 Å². The number of rotatable bonds is 3. The van der Waals surface area contributed by atoms with Crippen LogP contribution in [0.5, 0.6) is 0 Å². The third-order valence-corrected chi connectivity index (χ3v) is 2.86. The van der Waals surface area contributed by atoms with Crippen LogP contribution < -0.4 is 5.73 Å². The van der Waals surface area contributed by atoms with Gasteiger partial charge >= 0.3 is 6.03 Å². The lowest BCUT2D eigenvalue weighted by Crippen LogP contribution is -2.49. The van der Waals surface area contributed by atoms with Crippen molar-refractivity contribution in [1.82, 2.24) is 9.80 Å². The van der Waals surface area contributed by atoms with E-state index in [1.807, 2.05) is 13.8 Å². The summed E-state index contributed by atoms with van der Waals surface area (Å²) in [5, 5.41) is 0. The molecule has 0 radical (unpaired) electrons. The number of hydrogen-bond acceptors (Lipinski definition) is 2. The van der Waals surface area contributed by atoms with E-state index in [1.165, 1.54) is 0 Å². The second-order valence-electron chi connectivity index (χ2n) is 3.71. The van der Waals surface area contributed by atoms with Gasteiger partial charge in [0.25, 0.3) is 0 Å². The summed E-state index contributed by atoms with van der Waals surface area (Å²) in [5.74, 6) is -0.395. The number of carbonyl (C=O) groups excluding carboxylic acids is 2. The molecule has 1 unspecified atom stereocenters. The molecule has 1 aliphatic heterocycles. The van der Waals surface area contributed by atoms with Crippen molar-refractivity contribution in [3.63, 3.8) is 0 Å². The molecule has 3 amide bonds. The first-order valence-corrected chi connectivity index (χ1v) is 5.46. The van der Waals surface area contributed by atoms with E-state index in [4.69, 9.17) is 5.73 Å². The van der Waals surface area contributed by atoms with Gasteiger partial charge in [0.2, 0.25) is 5.91 Å². The van der Waals surface area contributed by atoms with Gasteiger partial charge in [0.1, 0.15) is 6.04 Å². The Morgan fingerprint density at radius 3 is 2.47 bits per heavy atom. The minimum Gasteiger partial charge on any atom is -0.368 e. The zero-order valence-electron chi connectivity index (χ0n) is 9.40. The highest BCUT2D eigenvalue weighted by Gasteiger charge is 2.34. The van der Waals surface area contributed by atoms with Crippen LogP contribution in [-0.2, 0) is 4.79 Å². The van der Waals surface area contributed by atoms with Gasteiger partial charge in [-0.2, -0.15) is 0 Å². The topological polar surface area (TPSA) is 66.6 Å². The molecule has 0 saturated carbocycles. The van der Waals surface area contributed by atoms with E-state index < -0.39 is 11.9 Å². The minimum atomic E-state index is -0.405. The van der Waals surface area contributed by atoms with Crippen molar-refractivity contribution in [1.29, 1.82) is 0 Å². The third kappa shape index (κ3) is 2.40. The summed E-state index contributed by atoms with van der Waals surface area (Å²) in [5.41, 5.74) is 5.26. The summed E-state index contributed by atoms with van der Waals surface area (Å²) in [4.78, 5) is 26.4. The Morgan fingerprint density at radius 2 is 2.00 bits per heavy atom. The lowest BCUT2D eigenvalue weighted by molar-refractivity contribution is -0.121. The van der Waals surface area contributed by atoms with Gasteiger partial charge in [0.15, 0.2) is 0 Å². The molecule has 0 spiro atoms. The molecule has 1 heterocycles. The number of hydrogen-bond donors (Lipinski definition) is 1. The SMILES string of the molecule is CCN(CC)C(=O)N1CCCC1C(N)=O. The minimum absolute atomic E-state index is 0.0682. The maximum atomic E-state index is 12.0. The van der Waals surface area contributed by atoms with Crippen LogP contribution in [0.15, 0.2) is 0 Å². The van der Waals surface area contributed by atoms with Crippen LogP contribution in [0.3, 0.4) is 0 Å². The highest BCUT2D eigenvalue weighted by atomic mass is 16.2. The summed E-state index contributed by atoms with van der Waals surface area (Å²) in [6, 6.07) is -0.473. The first-order chi connectivity index (χ1) is 7.11. The molecule has 0 aromatic rings. The Bertz CT molecular complexity index is 251. The average molecular weight is 213 g/mol. The largest absolute Gasteiger partial charge is 0.368 e. The molecule has 0 aliphatic carbocycles. The van der Waals surface area contributed by atoms with Gasteiger partial charge in [0, 0.05) is 19.6 Å². The monoisotopic (exact) mass is 213 g/mol. The number of urea groups is 1. The Kier molecular flexibility index (Phi) is 3.94. The molecule has 0 bridgehead atoms. The normalized spacial score (nSPS) is 20.4. The van der Waals surface area contributed by atoms with E-state index in [9.17, 15) is 9.59 Å². The van der Waals surface area contributed by atoms with E-state index in [2.05, 4.69) is 0 Å². The average Bonchev–Trinajstić information content (AvgIpc) is 2.67. The standard InChI is InChI=1S/C10H19N3O2/c1-3-12(4-2)10(15)13-7-5-6-8(13)9(11)14/h8H,3-7H2,1-2H3,(H2,11,14). The Hall–Kier alpha value is -1.26. The summed E-state index contributed by atoms with van der Waals surface area (Å²) in [7, 11) is 0. The number of carbonyl (C=O) groups is 2. The Morgan fingerprint density at radius 1 is 1.40 bits per heavy atom. The van der Waals surface area contributed by atoms with Crippen molar-refractivity contribution in [2.45, 2.75) is 32.7 Å². The second kappa shape index (κ2) is 5.00. The zero-order valence-corrected chi connectivity index (χ0v) is 9.40. The van der Waals surface area contributed by atoms with Gasteiger partial charge in [-0.3, -0.25) is 4.79 Å². The first kappa shape index (κ1) is 11.8. The molecule has 1 saturated heterocycles. The molecule has 0 aromatic carbocycles. The molecule has 5 heteroatoms. The fourth-order valence-electron chi connectivity index (χ4n) is 1.97. The second-order valence-corrected chi connectivity index (χ2v) is 3.71. The summed E-state index contributed by atoms with van der Waals surface area (Å²) in [6.07, 6.45) is 1.56. The molecule has 5 nitrogen and oxygen atoms in total. The zero-order chi connectivity index (χ0) is 11.4. The van der Waals surface area contributed by atoms with Crippen LogP contribution in [0.1, 0.15) is 26.7 Å². The van der Waals surface area contributed by atoms with Crippen molar-refractivity contribution >= 4 is 11.9 Å². The molecule has 1 rings (SSSR count). The number of likely N-dealkylation sites (tertiary alicyclic amines) is 1. The highest BCUT2D eigenvalue weighted by molar-refractivity contribution is 5.86. The number of amides is 3. The van der Waals surface area contributed by atoms with E-state index in [1.54, 1.807) is 9.80 Å². The third-order valence-electron chi connectivity index (χ3n) is 2.86. The Labute approximate surface area is 90.2 Å². The van der Waals surface area contributed by atoms with Gasteiger partial charge in [-0.25, -0.2) is 4.79 Å². The molecule has 0 aromatic heterocycles. The summed E-state index contributed by atoms with van der Waals surface area (Å²) < 4.78 is 0. The van der Waals surface area contributed by atoms with E-state index >= 15 is 0 Å². The number of nitrogens with two attached hydrogens (primary N) is 1. The molecule has 2 N–H and O–H groups in total. The van der Waals surface area contributed by atoms with Crippen LogP contribution in [0.2, 0.25) is 0 Å². The predicted octanol–water partition coefficient (Wildman–Crippen LogP) is 0.398. The molecule has 1 atom stereocenters. The van der Waals surface area contributed by atoms with Crippen LogP contribution in [0.4, 0.5) is 4.79 Å². The van der Waals surface area contributed by atoms with Gasteiger partial charge in [0.05, 0.1) is 0 Å². The van der Waals surface area contributed by atoms with E-state index in [-0.39, 0.29) is 6.03 Å². The van der Waals surface area contributed by atoms with Gasteiger partial charge in [-0.1, -0.05) is 0 Å². The number of primary amides is 1. The van der Waals surface area contributed by atoms with Gasteiger partial charge in [-0.15, -0.1) is 0 Å². The van der Waals surface area contributed by atoms with Crippen molar-refractivity contribution in [3.05, 3.63) is 0 Å². The molecule has 1 aliphatic rings.